The fourth-order valence-electron chi connectivity index (χ4n) is 1.72. The van der Waals surface area contributed by atoms with Gasteiger partial charge in [-0.05, 0) is 36.0 Å². The van der Waals surface area contributed by atoms with Crippen molar-refractivity contribution in [2.45, 2.75) is 6.54 Å². The second kappa shape index (κ2) is 7.40. The molecule has 1 aromatic heterocycles. The first kappa shape index (κ1) is 15.0. The van der Waals surface area contributed by atoms with Crippen LogP contribution < -0.4 is 5.32 Å². The van der Waals surface area contributed by atoms with Gasteiger partial charge >= 0.3 is 0 Å². The van der Waals surface area contributed by atoms with Crippen LogP contribution in [0.3, 0.4) is 0 Å². The van der Waals surface area contributed by atoms with Gasteiger partial charge in [0.25, 0.3) is 0 Å². The summed E-state index contributed by atoms with van der Waals surface area (Å²) >= 11 is 5.20. The van der Waals surface area contributed by atoms with E-state index in [9.17, 15) is 4.79 Å². The first-order chi connectivity index (χ1) is 10.1. The van der Waals surface area contributed by atoms with Crippen molar-refractivity contribution in [1.29, 1.82) is 0 Å². The highest BCUT2D eigenvalue weighted by Crippen LogP contribution is 2.04. The Kier molecular flexibility index (Phi) is 5.29. The Balaban J connectivity index is 1.84. The fraction of sp³-hybridized carbons (Fsp3) is 0.125. The van der Waals surface area contributed by atoms with Crippen LogP contribution in [-0.4, -0.2) is 23.0 Å². The summed E-state index contributed by atoms with van der Waals surface area (Å²) in [5.74, 6) is 0.338. The molecule has 0 aliphatic heterocycles. The van der Waals surface area contributed by atoms with Gasteiger partial charge in [-0.25, -0.2) is 0 Å². The summed E-state index contributed by atoms with van der Waals surface area (Å²) in [7, 11) is 1.84. The third-order valence-electron chi connectivity index (χ3n) is 2.78. The molecule has 2 rings (SSSR count). The highest BCUT2D eigenvalue weighted by Gasteiger charge is 2.07. The lowest BCUT2D eigenvalue weighted by molar-refractivity contribution is -0.115. The molecule has 0 bridgehead atoms. The molecule has 0 radical (unpaired) electrons. The van der Waals surface area contributed by atoms with Crippen molar-refractivity contribution in [3.8, 4) is 0 Å². The number of carbonyl (C=O) groups excluding carboxylic acids is 1. The topological polar surface area (TPSA) is 45.5 Å². The number of amides is 1. The highest BCUT2D eigenvalue weighted by atomic mass is 32.1. The van der Waals surface area contributed by atoms with Crippen LogP contribution in [0.15, 0.2) is 59.2 Å². The second-order valence-electron chi connectivity index (χ2n) is 4.48. The largest absolute Gasteiger partial charge is 0.465 e. The van der Waals surface area contributed by atoms with Gasteiger partial charge in [-0.15, -0.1) is 0 Å². The third kappa shape index (κ3) is 4.89. The Bertz CT molecular complexity index is 621. The van der Waals surface area contributed by atoms with E-state index in [-0.39, 0.29) is 5.91 Å². The molecular weight excluding hydrogens is 284 g/mol. The normalized spacial score (nSPS) is 10.5. The minimum atomic E-state index is -0.281. The predicted octanol–water partition coefficient (Wildman–Crippen LogP) is 2.83. The molecule has 0 saturated heterocycles. The predicted molar refractivity (Wildman–Crippen MR) is 86.4 cm³/mol. The van der Waals surface area contributed by atoms with Crippen LogP contribution in [0.5, 0.6) is 0 Å². The quantitative estimate of drug-likeness (QED) is 0.696. The number of thiocarbonyl (C=S) groups is 1. The number of rotatable bonds is 4. The molecule has 0 aliphatic carbocycles. The molecule has 1 N–H and O–H groups in total. The number of hydrogen-bond acceptors (Lipinski definition) is 3. The molecule has 1 heterocycles. The van der Waals surface area contributed by atoms with Crippen molar-refractivity contribution in [1.82, 2.24) is 10.2 Å². The molecule has 108 valence electrons. The summed E-state index contributed by atoms with van der Waals surface area (Å²) in [5, 5.41) is 3.03. The van der Waals surface area contributed by atoms with E-state index in [0.717, 1.165) is 5.56 Å². The van der Waals surface area contributed by atoms with E-state index in [2.05, 4.69) is 5.32 Å². The Morgan fingerprint density at radius 1 is 1.29 bits per heavy atom. The molecule has 21 heavy (non-hydrogen) atoms. The van der Waals surface area contributed by atoms with Crippen LogP contribution in [0, 0.1) is 0 Å². The lowest BCUT2D eigenvalue weighted by Gasteiger charge is -2.19. The Morgan fingerprint density at radius 2 is 2.05 bits per heavy atom. The van der Waals surface area contributed by atoms with Crippen molar-refractivity contribution < 1.29 is 9.21 Å². The molecule has 0 aliphatic rings. The maximum Gasteiger partial charge on any atom is 0.250 e. The number of carbonyl (C=O) groups is 1. The molecule has 0 atom stereocenters. The first-order valence-electron chi connectivity index (χ1n) is 6.47. The van der Waals surface area contributed by atoms with E-state index < -0.39 is 0 Å². The van der Waals surface area contributed by atoms with Crippen LogP contribution in [0.2, 0.25) is 0 Å². The van der Waals surface area contributed by atoms with Crippen molar-refractivity contribution >= 4 is 29.3 Å². The van der Waals surface area contributed by atoms with E-state index in [1.165, 1.54) is 6.08 Å². The van der Waals surface area contributed by atoms with E-state index in [1.54, 1.807) is 24.5 Å². The third-order valence-corrected chi connectivity index (χ3v) is 3.20. The highest BCUT2D eigenvalue weighted by molar-refractivity contribution is 7.80. The van der Waals surface area contributed by atoms with E-state index in [1.807, 2.05) is 42.3 Å². The SMILES string of the molecule is CN(Cc1ccccc1)C(=S)NC(=O)C=Cc1ccco1. The lowest BCUT2D eigenvalue weighted by Crippen LogP contribution is -2.39. The van der Waals surface area contributed by atoms with Crippen LogP contribution in [0.4, 0.5) is 0 Å². The molecule has 0 spiro atoms. The average molecular weight is 300 g/mol. The molecule has 1 aromatic carbocycles. The summed E-state index contributed by atoms with van der Waals surface area (Å²) in [6.45, 7) is 0.641. The van der Waals surface area contributed by atoms with Crippen LogP contribution in [0.1, 0.15) is 11.3 Å². The summed E-state index contributed by atoms with van der Waals surface area (Å²) in [5.41, 5.74) is 1.13. The molecular formula is C16H16N2O2S. The standard InChI is InChI=1S/C16H16N2O2S/c1-18(12-13-6-3-2-4-7-13)16(21)17-15(19)10-9-14-8-5-11-20-14/h2-11H,12H2,1H3,(H,17,19,21). The van der Waals surface area contributed by atoms with Gasteiger partial charge < -0.3 is 9.32 Å². The zero-order chi connectivity index (χ0) is 15.1. The second-order valence-corrected chi connectivity index (χ2v) is 4.87. The molecule has 1 amide bonds. The summed E-state index contributed by atoms with van der Waals surface area (Å²) < 4.78 is 5.11. The van der Waals surface area contributed by atoms with Crippen molar-refractivity contribution in [3.63, 3.8) is 0 Å². The maximum atomic E-state index is 11.8. The molecule has 2 aromatic rings. The lowest BCUT2D eigenvalue weighted by atomic mass is 10.2. The van der Waals surface area contributed by atoms with E-state index in [4.69, 9.17) is 16.6 Å². The number of benzene rings is 1. The number of hydrogen-bond donors (Lipinski definition) is 1. The monoisotopic (exact) mass is 300 g/mol. The van der Waals surface area contributed by atoms with Gasteiger partial charge in [0.15, 0.2) is 5.11 Å². The Hall–Kier alpha value is -2.40. The zero-order valence-electron chi connectivity index (χ0n) is 11.7. The summed E-state index contributed by atoms with van der Waals surface area (Å²) in [6.07, 6.45) is 4.53. The number of nitrogens with one attached hydrogen (secondary N) is 1. The van der Waals surface area contributed by atoms with Crippen LogP contribution in [-0.2, 0) is 11.3 Å². The van der Waals surface area contributed by atoms with Crippen molar-refractivity contribution in [2.75, 3.05) is 7.05 Å². The number of furan rings is 1. The van der Waals surface area contributed by atoms with Gasteiger partial charge in [-0.3, -0.25) is 10.1 Å². The molecule has 0 saturated carbocycles. The van der Waals surface area contributed by atoms with Crippen LogP contribution >= 0.6 is 12.2 Å². The van der Waals surface area contributed by atoms with E-state index >= 15 is 0 Å². The minimum Gasteiger partial charge on any atom is -0.465 e. The van der Waals surface area contributed by atoms with E-state index in [0.29, 0.717) is 17.4 Å². The van der Waals surface area contributed by atoms with Crippen molar-refractivity contribution in [2.24, 2.45) is 0 Å². The molecule has 0 fully saturated rings. The maximum absolute atomic E-state index is 11.8. The van der Waals surface area contributed by atoms with Gasteiger partial charge in [0, 0.05) is 19.7 Å². The molecule has 0 unspecified atom stereocenters. The fourth-order valence-corrected chi connectivity index (χ4v) is 1.88. The minimum absolute atomic E-state index is 0.281. The van der Waals surface area contributed by atoms with Crippen molar-refractivity contribution in [3.05, 3.63) is 66.1 Å². The van der Waals surface area contributed by atoms with Gasteiger partial charge in [0.2, 0.25) is 5.91 Å². The zero-order valence-corrected chi connectivity index (χ0v) is 12.5. The molecule has 5 heteroatoms. The van der Waals surface area contributed by atoms with Gasteiger partial charge in [0.1, 0.15) is 5.76 Å². The van der Waals surface area contributed by atoms with Crippen LogP contribution in [0.25, 0.3) is 6.08 Å². The Morgan fingerprint density at radius 3 is 2.71 bits per heavy atom. The number of nitrogens with zero attached hydrogens (tertiary/aromatic N) is 1. The smallest absolute Gasteiger partial charge is 0.250 e. The summed E-state index contributed by atoms with van der Waals surface area (Å²) in [4.78, 5) is 13.6. The van der Waals surface area contributed by atoms with Gasteiger partial charge in [-0.1, -0.05) is 30.3 Å². The molecule has 4 nitrogen and oxygen atoms in total. The summed E-state index contributed by atoms with van der Waals surface area (Å²) in [6, 6.07) is 13.5. The average Bonchev–Trinajstić information content (AvgIpc) is 2.99. The van der Waals surface area contributed by atoms with Gasteiger partial charge in [-0.2, -0.15) is 0 Å². The Labute approximate surface area is 129 Å². The first-order valence-corrected chi connectivity index (χ1v) is 6.87. The van der Waals surface area contributed by atoms with Gasteiger partial charge in [0.05, 0.1) is 6.26 Å².